The molecule has 1 heterocycles. The molecule has 2 aromatic carbocycles. The van der Waals surface area contributed by atoms with Crippen molar-refractivity contribution in [2.45, 2.75) is 36.6 Å². The van der Waals surface area contributed by atoms with Crippen molar-refractivity contribution in [3.63, 3.8) is 0 Å². The lowest BCUT2D eigenvalue weighted by molar-refractivity contribution is -0.143. The van der Waals surface area contributed by atoms with Gasteiger partial charge >= 0.3 is 0 Å². The Balaban J connectivity index is 1.59. The minimum atomic E-state index is -0.0172. The topological polar surface area (TPSA) is 29.5 Å². The molecule has 2 atom stereocenters. The van der Waals surface area contributed by atoms with E-state index in [9.17, 15) is 4.79 Å². The molecule has 4 aliphatic rings. The smallest absolute Gasteiger partial charge is 0.139 e. The standard InChI is InChI=1S/C24H27NO2/c26-22-17-24(25-11-13-27-14-12-25)15-20(18-7-3-1-4-8-18)23(22)21(16-24)19-9-5-2-6-10-19/h1-10,20-21,23H,11-17H2/t20-,21-,23?,24?/m0/s1. The van der Waals surface area contributed by atoms with Crippen molar-refractivity contribution < 1.29 is 9.53 Å². The zero-order chi connectivity index (χ0) is 18.3. The quantitative estimate of drug-likeness (QED) is 0.827. The molecule has 3 aliphatic carbocycles. The van der Waals surface area contributed by atoms with Gasteiger partial charge in [-0.05, 0) is 35.8 Å². The Morgan fingerprint density at radius 1 is 0.815 bits per heavy atom. The Labute approximate surface area is 161 Å². The summed E-state index contributed by atoms with van der Waals surface area (Å²) in [7, 11) is 0. The van der Waals surface area contributed by atoms with E-state index in [1.807, 2.05) is 0 Å². The van der Waals surface area contributed by atoms with Crippen LogP contribution >= 0.6 is 0 Å². The van der Waals surface area contributed by atoms with Crippen molar-refractivity contribution in [1.82, 2.24) is 4.90 Å². The van der Waals surface area contributed by atoms with E-state index in [0.29, 0.717) is 24.0 Å². The van der Waals surface area contributed by atoms with Crippen LogP contribution in [0.1, 0.15) is 42.2 Å². The van der Waals surface area contributed by atoms with Crippen LogP contribution in [0.3, 0.4) is 0 Å². The second kappa shape index (κ2) is 6.88. The Morgan fingerprint density at radius 2 is 1.33 bits per heavy atom. The highest BCUT2D eigenvalue weighted by atomic mass is 16.5. The normalized spacial score (nSPS) is 33.9. The van der Waals surface area contributed by atoms with Crippen molar-refractivity contribution in [1.29, 1.82) is 0 Å². The summed E-state index contributed by atoms with van der Waals surface area (Å²) in [6.07, 6.45) is 2.90. The molecule has 0 radical (unpaired) electrons. The Hall–Kier alpha value is -1.97. The maximum Gasteiger partial charge on any atom is 0.139 e. The van der Waals surface area contributed by atoms with Crippen molar-refractivity contribution in [3.8, 4) is 0 Å². The second-order valence-electron chi connectivity index (χ2n) is 8.44. The molecular formula is C24H27NO2. The zero-order valence-electron chi connectivity index (χ0n) is 15.7. The SMILES string of the molecule is O=C1CC2(N3CCOCC3)C[C@@H](c3ccccc3)C1[C@H](c1ccccc1)C2. The van der Waals surface area contributed by atoms with Crippen LogP contribution in [-0.4, -0.2) is 42.5 Å². The molecule has 0 N–H and O–H groups in total. The van der Waals surface area contributed by atoms with Gasteiger partial charge in [0.25, 0.3) is 0 Å². The first-order valence-electron chi connectivity index (χ1n) is 10.2. The summed E-state index contributed by atoms with van der Waals surface area (Å²) >= 11 is 0. The van der Waals surface area contributed by atoms with Crippen molar-refractivity contribution >= 4 is 5.78 Å². The number of nitrogens with zero attached hydrogens (tertiary/aromatic N) is 1. The van der Waals surface area contributed by atoms with Gasteiger partial charge in [0.05, 0.1) is 13.2 Å². The third kappa shape index (κ3) is 2.94. The van der Waals surface area contributed by atoms with Crippen molar-refractivity contribution in [2.24, 2.45) is 5.92 Å². The van der Waals surface area contributed by atoms with Gasteiger partial charge < -0.3 is 4.74 Å². The van der Waals surface area contributed by atoms with Gasteiger partial charge in [-0.25, -0.2) is 0 Å². The van der Waals surface area contributed by atoms with E-state index in [0.717, 1.165) is 39.1 Å². The molecule has 0 unspecified atom stereocenters. The number of morpholine rings is 1. The molecule has 140 valence electrons. The highest BCUT2D eigenvalue weighted by molar-refractivity contribution is 5.86. The van der Waals surface area contributed by atoms with Gasteiger partial charge in [-0.3, -0.25) is 9.69 Å². The first-order chi connectivity index (χ1) is 13.3. The summed E-state index contributed by atoms with van der Waals surface area (Å²) in [6.45, 7) is 3.46. The van der Waals surface area contributed by atoms with Gasteiger partial charge in [0.15, 0.2) is 0 Å². The van der Waals surface area contributed by atoms with E-state index in [4.69, 9.17) is 4.74 Å². The van der Waals surface area contributed by atoms with Crippen molar-refractivity contribution in [3.05, 3.63) is 71.8 Å². The molecule has 1 saturated heterocycles. The number of carbonyl (C=O) groups is 1. The van der Waals surface area contributed by atoms with Gasteiger partial charge in [-0.15, -0.1) is 0 Å². The third-order valence-corrected chi connectivity index (χ3v) is 7.08. The number of carbonyl (C=O) groups excluding carboxylic acids is 1. The van der Waals surface area contributed by atoms with E-state index in [2.05, 4.69) is 65.6 Å². The molecule has 2 aromatic rings. The van der Waals surface area contributed by atoms with Crippen LogP contribution in [0.5, 0.6) is 0 Å². The average molecular weight is 361 g/mol. The minimum absolute atomic E-state index is 0.0172. The number of ether oxygens (including phenoxy) is 1. The fourth-order valence-electron chi connectivity index (χ4n) is 5.93. The average Bonchev–Trinajstić information content (AvgIpc) is 2.75. The van der Waals surface area contributed by atoms with Crippen LogP contribution in [0.15, 0.2) is 60.7 Å². The maximum absolute atomic E-state index is 13.4. The van der Waals surface area contributed by atoms with E-state index in [-0.39, 0.29) is 11.5 Å². The molecule has 27 heavy (non-hydrogen) atoms. The number of rotatable bonds is 3. The van der Waals surface area contributed by atoms with E-state index >= 15 is 0 Å². The van der Waals surface area contributed by atoms with Gasteiger partial charge in [-0.2, -0.15) is 0 Å². The van der Waals surface area contributed by atoms with Crippen LogP contribution in [0.2, 0.25) is 0 Å². The summed E-state index contributed by atoms with van der Waals surface area (Å²) in [5, 5.41) is 0. The Kier molecular flexibility index (Phi) is 4.37. The number of hydrogen-bond donors (Lipinski definition) is 0. The van der Waals surface area contributed by atoms with Crippen LogP contribution in [0.4, 0.5) is 0 Å². The maximum atomic E-state index is 13.4. The fraction of sp³-hybridized carbons (Fsp3) is 0.458. The fourth-order valence-corrected chi connectivity index (χ4v) is 5.93. The summed E-state index contributed by atoms with van der Waals surface area (Å²) in [5.74, 6) is 1.20. The lowest BCUT2D eigenvalue weighted by Crippen LogP contribution is -2.63. The number of ketones is 1. The molecule has 4 fully saturated rings. The first kappa shape index (κ1) is 17.2. The van der Waals surface area contributed by atoms with Crippen LogP contribution in [-0.2, 0) is 9.53 Å². The monoisotopic (exact) mass is 361 g/mol. The summed E-state index contributed by atoms with van der Waals surface area (Å²) in [6, 6.07) is 21.4. The molecule has 3 heteroatoms. The third-order valence-electron chi connectivity index (χ3n) is 7.08. The van der Waals surface area contributed by atoms with E-state index < -0.39 is 0 Å². The highest BCUT2D eigenvalue weighted by Gasteiger charge is 2.57. The van der Waals surface area contributed by atoms with E-state index in [1.165, 1.54) is 11.1 Å². The molecule has 0 spiro atoms. The molecule has 3 saturated carbocycles. The summed E-state index contributed by atoms with van der Waals surface area (Å²) < 4.78 is 5.62. The Morgan fingerprint density at radius 3 is 1.85 bits per heavy atom. The number of Topliss-reactive ketones (excluding diaryl/α,β-unsaturated/α-hetero) is 1. The largest absolute Gasteiger partial charge is 0.379 e. The molecular weight excluding hydrogens is 334 g/mol. The van der Waals surface area contributed by atoms with Gasteiger partial charge in [0.2, 0.25) is 0 Å². The summed E-state index contributed by atoms with van der Waals surface area (Å²) in [4.78, 5) is 16.0. The molecule has 3 nitrogen and oxygen atoms in total. The van der Waals surface area contributed by atoms with Crippen LogP contribution in [0, 0.1) is 5.92 Å². The number of hydrogen-bond acceptors (Lipinski definition) is 3. The molecule has 0 amide bonds. The van der Waals surface area contributed by atoms with Crippen molar-refractivity contribution in [2.75, 3.05) is 26.3 Å². The molecule has 1 aliphatic heterocycles. The predicted octanol–water partition coefficient (Wildman–Crippen LogP) is 4.01. The first-order valence-corrected chi connectivity index (χ1v) is 10.2. The van der Waals surface area contributed by atoms with Crippen LogP contribution < -0.4 is 0 Å². The minimum Gasteiger partial charge on any atom is -0.379 e. The molecule has 2 bridgehead atoms. The molecule has 0 aromatic heterocycles. The van der Waals surface area contributed by atoms with Gasteiger partial charge in [0.1, 0.15) is 5.78 Å². The van der Waals surface area contributed by atoms with Crippen LogP contribution in [0.25, 0.3) is 0 Å². The van der Waals surface area contributed by atoms with E-state index in [1.54, 1.807) is 0 Å². The number of fused-ring (bicyclic) bond motifs is 3. The lowest BCUT2D eigenvalue weighted by Gasteiger charge is -2.59. The second-order valence-corrected chi connectivity index (χ2v) is 8.44. The predicted molar refractivity (Wildman–Crippen MR) is 106 cm³/mol. The number of benzene rings is 2. The zero-order valence-corrected chi connectivity index (χ0v) is 15.7. The summed E-state index contributed by atoms with van der Waals surface area (Å²) in [5.41, 5.74) is 2.64. The highest BCUT2D eigenvalue weighted by Crippen LogP contribution is 2.58. The van der Waals surface area contributed by atoms with Gasteiger partial charge in [0, 0.05) is 31.0 Å². The molecule has 6 rings (SSSR count). The lowest BCUT2D eigenvalue weighted by atomic mass is 9.52. The Bertz CT molecular complexity index is 748. The van der Waals surface area contributed by atoms with Gasteiger partial charge in [-0.1, -0.05) is 60.7 Å².